The van der Waals surface area contributed by atoms with E-state index < -0.39 is 0 Å². The van der Waals surface area contributed by atoms with Crippen LogP contribution in [0.3, 0.4) is 0 Å². The number of carbonyl (C=O) groups excluding carboxylic acids is 1. The summed E-state index contributed by atoms with van der Waals surface area (Å²) in [5.74, 6) is 8.37. The lowest BCUT2D eigenvalue weighted by Crippen LogP contribution is -2.32. The van der Waals surface area contributed by atoms with E-state index in [2.05, 4.69) is 54.7 Å². The smallest absolute Gasteiger partial charge is 0.324 e. The number of hydrogen-bond donors (Lipinski definition) is 0. The van der Waals surface area contributed by atoms with Crippen LogP contribution >= 0.6 is 11.8 Å². The van der Waals surface area contributed by atoms with Crippen molar-refractivity contribution in [2.24, 2.45) is 0 Å². The van der Waals surface area contributed by atoms with Crippen LogP contribution in [0, 0.1) is 11.8 Å². The van der Waals surface area contributed by atoms with Gasteiger partial charge in [-0.1, -0.05) is 58.8 Å². The Hall–Kier alpha value is -2.52. The second kappa shape index (κ2) is 13.5. The average Bonchev–Trinajstić information content (AvgIpc) is 2.87. The van der Waals surface area contributed by atoms with Crippen molar-refractivity contribution in [3.8, 4) is 23.6 Å². The SMILES string of the molecule is CCCCCCSc1cc2c(cc1C#Cc1cnc(OC(=O)CCC)nc1)C(CC)(CC)CCO2. The summed E-state index contributed by atoms with van der Waals surface area (Å²) in [7, 11) is 0. The van der Waals surface area contributed by atoms with Gasteiger partial charge in [0.1, 0.15) is 5.75 Å². The van der Waals surface area contributed by atoms with E-state index >= 15 is 0 Å². The third-order valence-corrected chi connectivity index (χ3v) is 7.87. The largest absolute Gasteiger partial charge is 0.493 e. The normalized spacial score (nSPS) is 13.8. The van der Waals surface area contributed by atoms with Gasteiger partial charge in [0.15, 0.2) is 0 Å². The van der Waals surface area contributed by atoms with Gasteiger partial charge in [0.25, 0.3) is 0 Å². The Morgan fingerprint density at radius 1 is 1.06 bits per heavy atom. The van der Waals surface area contributed by atoms with E-state index in [1.54, 1.807) is 12.4 Å². The first-order valence-corrected chi connectivity index (χ1v) is 14.0. The van der Waals surface area contributed by atoms with E-state index in [0.717, 1.165) is 49.4 Å². The molecule has 0 atom stereocenters. The summed E-state index contributed by atoms with van der Waals surface area (Å²) in [4.78, 5) is 21.1. The van der Waals surface area contributed by atoms with Crippen molar-refractivity contribution in [3.63, 3.8) is 0 Å². The Bertz CT molecular complexity index is 1040. The molecule has 5 nitrogen and oxygen atoms in total. The summed E-state index contributed by atoms with van der Waals surface area (Å²) in [5.41, 5.74) is 3.13. The predicted octanol–water partition coefficient (Wildman–Crippen LogP) is 7.09. The maximum absolute atomic E-state index is 11.7. The zero-order valence-corrected chi connectivity index (χ0v) is 22.4. The molecule has 0 N–H and O–H groups in total. The maximum atomic E-state index is 11.7. The molecule has 35 heavy (non-hydrogen) atoms. The fraction of sp³-hybridized carbons (Fsp3) is 0.552. The number of hydrogen-bond acceptors (Lipinski definition) is 6. The monoisotopic (exact) mass is 494 g/mol. The van der Waals surface area contributed by atoms with E-state index in [4.69, 9.17) is 9.47 Å². The molecule has 0 radical (unpaired) electrons. The van der Waals surface area contributed by atoms with Crippen LogP contribution in [0.5, 0.6) is 11.8 Å². The van der Waals surface area contributed by atoms with Gasteiger partial charge >= 0.3 is 12.0 Å². The molecule has 1 aromatic carbocycles. The lowest BCUT2D eigenvalue weighted by molar-refractivity contribution is -0.134. The summed E-state index contributed by atoms with van der Waals surface area (Å²) >= 11 is 1.86. The number of benzene rings is 1. The van der Waals surface area contributed by atoms with Crippen LogP contribution in [-0.4, -0.2) is 28.3 Å². The average molecular weight is 495 g/mol. The molecule has 1 aliphatic rings. The van der Waals surface area contributed by atoms with Gasteiger partial charge in [0.05, 0.1) is 12.2 Å². The van der Waals surface area contributed by atoms with Crippen LogP contribution in [0.25, 0.3) is 0 Å². The van der Waals surface area contributed by atoms with Gasteiger partial charge in [-0.05, 0) is 50.0 Å². The quantitative estimate of drug-likeness (QED) is 0.144. The van der Waals surface area contributed by atoms with Crippen molar-refractivity contribution in [2.45, 2.75) is 95.8 Å². The predicted molar refractivity (Wildman–Crippen MR) is 142 cm³/mol. The third-order valence-electron chi connectivity index (χ3n) is 6.73. The number of ether oxygens (including phenoxy) is 2. The maximum Gasteiger partial charge on any atom is 0.324 e. The summed E-state index contributed by atoms with van der Waals surface area (Å²) in [6, 6.07) is 4.53. The van der Waals surface area contributed by atoms with Crippen LogP contribution < -0.4 is 9.47 Å². The molecule has 188 valence electrons. The lowest BCUT2D eigenvalue weighted by atomic mass is 9.71. The Morgan fingerprint density at radius 3 is 2.51 bits per heavy atom. The minimum atomic E-state index is -0.321. The molecule has 1 aromatic heterocycles. The van der Waals surface area contributed by atoms with Crippen molar-refractivity contribution < 1.29 is 14.3 Å². The van der Waals surface area contributed by atoms with Gasteiger partial charge in [-0.3, -0.25) is 4.79 Å². The summed E-state index contributed by atoms with van der Waals surface area (Å²) in [5, 5.41) is 0. The number of thioether (sulfide) groups is 1. The van der Waals surface area contributed by atoms with Gasteiger partial charge in [-0.2, -0.15) is 0 Å². The Balaban J connectivity index is 1.88. The van der Waals surface area contributed by atoms with E-state index in [1.807, 2.05) is 18.7 Å². The van der Waals surface area contributed by atoms with Gasteiger partial charge in [0, 0.05) is 40.3 Å². The zero-order valence-electron chi connectivity index (χ0n) is 21.6. The van der Waals surface area contributed by atoms with Gasteiger partial charge in [-0.15, -0.1) is 11.8 Å². The van der Waals surface area contributed by atoms with Crippen LogP contribution in [0.1, 0.15) is 102 Å². The highest BCUT2D eigenvalue weighted by atomic mass is 32.2. The first-order valence-electron chi connectivity index (χ1n) is 13.0. The highest BCUT2D eigenvalue weighted by molar-refractivity contribution is 7.99. The molecule has 0 amide bonds. The summed E-state index contributed by atoms with van der Waals surface area (Å²) < 4.78 is 11.3. The Labute approximate surface area is 214 Å². The molecular weight excluding hydrogens is 456 g/mol. The molecule has 2 heterocycles. The molecule has 0 saturated heterocycles. The number of aromatic nitrogens is 2. The molecule has 1 aliphatic heterocycles. The molecule has 0 fully saturated rings. The first kappa shape index (κ1) is 27.1. The standard InChI is InChI=1S/C29H38N2O3S/c1-5-9-10-11-17-35-26-19-25-24(29(7-3,8-4)15-16-33-25)18-23(26)14-13-22-20-30-28(31-21-22)34-27(32)12-6-2/h18-21H,5-12,15-17H2,1-4H3. The fourth-order valence-electron chi connectivity index (χ4n) is 4.43. The molecule has 6 heteroatoms. The number of fused-ring (bicyclic) bond motifs is 1. The van der Waals surface area contributed by atoms with Gasteiger partial charge in [-0.25, -0.2) is 9.97 Å². The Morgan fingerprint density at radius 2 is 1.83 bits per heavy atom. The van der Waals surface area contributed by atoms with E-state index in [1.165, 1.54) is 36.1 Å². The molecule has 0 spiro atoms. The molecule has 3 rings (SSSR count). The highest BCUT2D eigenvalue weighted by Gasteiger charge is 2.35. The van der Waals surface area contributed by atoms with Crippen molar-refractivity contribution in [3.05, 3.63) is 41.2 Å². The number of esters is 1. The number of unbranched alkanes of at least 4 members (excludes halogenated alkanes) is 3. The zero-order chi connectivity index (χ0) is 25.1. The van der Waals surface area contributed by atoms with Gasteiger partial charge in [0.2, 0.25) is 0 Å². The molecule has 0 unspecified atom stereocenters. The molecule has 0 aliphatic carbocycles. The fourth-order valence-corrected chi connectivity index (χ4v) is 5.45. The second-order valence-corrected chi connectivity index (χ2v) is 10.2. The van der Waals surface area contributed by atoms with Crippen LogP contribution in [0.2, 0.25) is 0 Å². The topological polar surface area (TPSA) is 61.3 Å². The second-order valence-electron chi connectivity index (χ2n) is 9.07. The molecule has 0 saturated carbocycles. The third kappa shape index (κ3) is 7.24. The van der Waals surface area contributed by atoms with Gasteiger partial charge < -0.3 is 9.47 Å². The van der Waals surface area contributed by atoms with Crippen LogP contribution in [-0.2, 0) is 10.2 Å². The minimum absolute atomic E-state index is 0.0685. The molecule has 0 bridgehead atoms. The van der Waals surface area contributed by atoms with Crippen molar-refractivity contribution in [1.29, 1.82) is 0 Å². The van der Waals surface area contributed by atoms with E-state index in [9.17, 15) is 4.79 Å². The summed E-state index contributed by atoms with van der Waals surface area (Å²) in [6.45, 7) is 9.48. The highest BCUT2D eigenvalue weighted by Crippen LogP contribution is 2.46. The van der Waals surface area contributed by atoms with Crippen molar-refractivity contribution in [1.82, 2.24) is 9.97 Å². The number of nitrogens with zero attached hydrogens (tertiary/aromatic N) is 2. The summed E-state index contributed by atoms with van der Waals surface area (Å²) in [6.07, 6.45) is 12.5. The van der Waals surface area contributed by atoms with Crippen LogP contribution in [0.4, 0.5) is 0 Å². The van der Waals surface area contributed by atoms with Crippen molar-refractivity contribution in [2.75, 3.05) is 12.4 Å². The molecule has 2 aromatic rings. The minimum Gasteiger partial charge on any atom is -0.493 e. The number of carbonyl (C=O) groups is 1. The van der Waals surface area contributed by atoms with Crippen LogP contribution in [0.15, 0.2) is 29.4 Å². The van der Waals surface area contributed by atoms with Crippen molar-refractivity contribution >= 4 is 17.7 Å². The first-order chi connectivity index (χ1) is 17.0. The molecular formula is C29H38N2O3S. The Kier molecular flexibility index (Phi) is 10.5. The van der Waals surface area contributed by atoms with E-state index in [-0.39, 0.29) is 17.4 Å². The lowest BCUT2D eigenvalue weighted by Gasteiger charge is -2.38. The number of rotatable bonds is 11. The van der Waals surface area contributed by atoms with E-state index in [0.29, 0.717) is 12.0 Å².